The van der Waals surface area contributed by atoms with Crippen molar-refractivity contribution in [1.82, 2.24) is 15.5 Å². The summed E-state index contributed by atoms with van der Waals surface area (Å²) in [5.41, 5.74) is 16.7. The maximum Gasteiger partial charge on any atom is 0.322 e. The van der Waals surface area contributed by atoms with Crippen molar-refractivity contribution in [1.29, 1.82) is 0 Å². The Hall–Kier alpha value is -4.50. The van der Waals surface area contributed by atoms with Crippen LogP contribution in [0.2, 0.25) is 0 Å². The summed E-state index contributed by atoms with van der Waals surface area (Å²) >= 11 is 0. The number of ether oxygens (including phenoxy) is 1. The number of carbonyl (C=O) groups excluding carboxylic acids is 1. The molecule has 9 nitrogen and oxygen atoms in total. The standard InChI is InChI=1S/C29H32N6O3/c1-19-23(21-10-4-3-5-11-21)13-7-14-24(19)27-35-34-26(38-27)22-12-6-9-20(17-22)18-33-25(28(36)37-2)15-8-16-32-29(30)31/h3-7,9-14,17,25,33H,8,15-16,18H2,1-2H3,(H4,30,31,32)/t25-/m0/s1. The average molecular weight is 513 g/mol. The summed E-state index contributed by atoms with van der Waals surface area (Å²) in [6, 6.07) is 23.6. The molecule has 0 aliphatic carbocycles. The molecule has 0 amide bonds. The highest BCUT2D eigenvalue weighted by Gasteiger charge is 2.19. The molecule has 0 spiro atoms. The smallest absolute Gasteiger partial charge is 0.322 e. The van der Waals surface area contributed by atoms with Crippen LogP contribution in [-0.2, 0) is 16.1 Å². The molecule has 9 heteroatoms. The highest BCUT2D eigenvalue weighted by molar-refractivity contribution is 5.76. The Bertz CT molecular complexity index is 1400. The van der Waals surface area contributed by atoms with Crippen molar-refractivity contribution in [3.05, 3.63) is 83.9 Å². The zero-order valence-corrected chi connectivity index (χ0v) is 21.6. The fourth-order valence-electron chi connectivity index (χ4n) is 4.25. The van der Waals surface area contributed by atoms with Gasteiger partial charge in [0.2, 0.25) is 11.8 Å². The molecule has 0 fully saturated rings. The van der Waals surface area contributed by atoms with Crippen molar-refractivity contribution >= 4 is 11.9 Å². The maximum absolute atomic E-state index is 12.2. The minimum atomic E-state index is -0.479. The molecule has 0 unspecified atom stereocenters. The summed E-state index contributed by atoms with van der Waals surface area (Å²) in [5, 5.41) is 11.9. The first-order valence-electron chi connectivity index (χ1n) is 12.4. The second-order valence-electron chi connectivity index (χ2n) is 8.86. The summed E-state index contributed by atoms with van der Waals surface area (Å²) in [4.78, 5) is 16.2. The summed E-state index contributed by atoms with van der Waals surface area (Å²) in [6.45, 7) is 2.96. The van der Waals surface area contributed by atoms with E-state index in [0.29, 0.717) is 37.7 Å². The van der Waals surface area contributed by atoms with E-state index < -0.39 is 6.04 Å². The molecule has 5 N–H and O–H groups in total. The van der Waals surface area contributed by atoms with Crippen LogP contribution < -0.4 is 16.8 Å². The van der Waals surface area contributed by atoms with Crippen molar-refractivity contribution in [3.8, 4) is 34.0 Å². The second-order valence-corrected chi connectivity index (χ2v) is 8.86. The lowest BCUT2D eigenvalue weighted by Gasteiger charge is -2.16. The third-order valence-corrected chi connectivity index (χ3v) is 6.23. The Labute approximate surface area is 221 Å². The van der Waals surface area contributed by atoms with Crippen molar-refractivity contribution in [2.24, 2.45) is 16.5 Å². The Kier molecular flexibility index (Phi) is 8.84. The molecule has 0 aliphatic heterocycles. The number of esters is 1. The molecule has 0 aliphatic rings. The Balaban J connectivity index is 1.48. The molecule has 1 aromatic heterocycles. The molecule has 38 heavy (non-hydrogen) atoms. The fourth-order valence-corrected chi connectivity index (χ4v) is 4.25. The van der Waals surface area contributed by atoms with E-state index in [4.69, 9.17) is 20.6 Å². The van der Waals surface area contributed by atoms with Crippen molar-refractivity contribution < 1.29 is 13.9 Å². The van der Waals surface area contributed by atoms with Gasteiger partial charge in [-0.25, -0.2) is 0 Å². The number of benzene rings is 3. The molecular weight excluding hydrogens is 480 g/mol. The molecule has 0 radical (unpaired) electrons. The van der Waals surface area contributed by atoms with Crippen molar-refractivity contribution in [2.75, 3.05) is 13.7 Å². The number of guanidine groups is 1. The van der Waals surface area contributed by atoms with E-state index >= 15 is 0 Å². The lowest BCUT2D eigenvalue weighted by Crippen LogP contribution is -2.37. The van der Waals surface area contributed by atoms with E-state index in [2.05, 4.69) is 45.6 Å². The zero-order chi connectivity index (χ0) is 26.9. The predicted octanol–water partition coefficient (Wildman–Crippen LogP) is 4.06. The summed E-state index contributed by atoms with van der Waals surface area (Å²) < 4.78 is 11.0. The summed E-state index contributed by atoms with van der Waals surface area (Å²) in [5.74, 6) is 0.589. The van der Waals surface area contributed by atoms with Gasteiger partial charge in [0, 0.05) is 24.2 Å². The van der Waals surface area contributed by atoms with Gasteiger partial charge in [-0.1, -0.05) is 54.6 Å². The number of aliphatic imine (C=N–C) groups is 1. The second kappa shape index (κ2) is 12.6. The highest BCUT2D eigenvalue weighted by atomic mass is 16.5. The topological polar surface area (TPSA) is 142 Å². The van der Waals surface area contributed by atoms with Gasteiger partial charge in [0.25, 0.3) is 0 Å². The van der Waals surface area contributed by atoms with Crippen LogP contribution in [0.5, 0.6) is 0 Å². The quantitative estimate of drug-likeness (QED) is 0.118. The monoisotopic (exact) mass is 512 g/mol. The molecule has 1 heterocycles. The molecule has 4 aromatic rings. The van der Waals surface area contributed by atoms with Gasteiger partial charge in [0.05, 0.1) is 7.11 Å². The SMILES string of the molecule is COC(=O)[C@H](CCCN=C(N)N)NCc1cccc(-c2nnc(-c3cccc(-c4ccccc4)c3C)o2)c1. The van der Waals surface area contributed by atoms with Crippen LogP contribution in [0.3, 0.4) is 0 Å². The number of carbonyl (C=O) groups is 1. The third kappa shape index (κ3) is 6.63. The summed E-state index contributed by atoms with van der Waals surface area (Å²) in [6.07, 6.45) is 1.18. The van der Waals surface area contributed by atoms with Gasteiger partial charge in [-0.15, -0.1) is 10.2 Å². The van der Waals surface area contributed by atoms with Gasteiger partial charge >= 0.3 is 5.97 Å². The van der Waals surface area contributed by atoms with Gasteiger partial charge < -0.3 is 25.9 Å². The first-order valence-corrected chi connectivity index (χ1v) is 12.4. The van der Waals surface area contributed by atoms with E-state index in [9.17, 15) is 4.79 Å². The molecule has 1 atom stereocenters. The highest BCUT2D eigenvalue weighted by Crippen LogP contribution is 2.32. The average Bonchev–Trinajstić information content (AvgIpc) is 3.43. The van der Waals surface area contributed by atoms with E-state index in [1.165, 1.54) is 7.11 Å². The van der Waals surface area contributed by atoms with Gasteiger partial charge in [-0.2, -0.15) is 0 Å². The van der Waals surface area contributed by atoms with Crippen LogP contribution >= 0.6 is 0 Å². The molecule has 3 aromatic carbocycles. The normalized spacial score (nSPS) is 11.6. The molecular formula is C29H32N6O3. The lowest BCUT2D eigenvalue weighted by molar-refractivity contribution is -0.143. The number of nitrogens with one attached hydrogen (secondary N) is 1. The van der Waals surface area contributed by atoms with Crippen LogP contribution in [0.15, 0.2) is 82.2 Å². The van der Waals surface area contributed by atoms with Crippen molar-refractivity contribution in [2.45, 2.75) is 32.4 Å². The van der Waals surface area contributed by atoms with Crippen LogP contribution in [0.25, 0.3) is 34.0 Å². The first kappa shape index (κ1) is 26.6. The van der Waals surface area contributed by atoms with Crippen LogP contribution in [-0.4, -0.2) is 41.8 Å². The Morgan fingerprint density at radius 3 is 2.45 bits per heavy atom. The van der Waals surface area contributed by atoms with Gasteiger partial charge in [0.15, 0.2) is 5.96 Å². The third-order valence-electron chi connectivity index (χ3n) is 6.23. The predicted molar refractivity (Wildman–Crippen MR) is 148 cm³/mol. The number of hydrogen-bond acceptors (Lipinski definition) is 7. The van der Waals surface area contributed by atoms with E-state index in [1.54, 1.807) is 0 Å². The number of nitrogens with zero attached hydrogens (tertiary/aromatic N) is 3. The number of nitrogens with two attached hydrogens (primary N) is 2. The first-order chi connectivity index (χ1) is 18.5. The molecule has 0 saturated carbocycles. The van der Waals surface area contributed by atoms with Crippen LogP contribution in [0, 0.1) is 6.92 Å². The Morgan fingerprint density at radius 2 is 1.68 bits per heavy atom. The van der Waals surface area contributed by atoms with Gasteiger partial charge in [0.1, 0.15) is 6.04 Å². The minimum absolute atomic E-state index is 0.0348. The van der Waals surface area contributed by atoms with E-state index in [0.717, 1.165) is 33.4 Å². The summed E-state index contributed by atoms with van der Waals surface area (Å²) in [7, 11) is 1.37. The number of hydrogen-bond donors (Lipinski definition) is 3. The zero-order valence-electron chi connectivity index (χ0n) is 21.6. The largest absolute Gasteiger partial charge is 0.468 e. The molecule has 4 rings (SSSR count). The number of methoxy groups -OCH3 is 1. The maximum atomic E-state index is 12.2. The van der Waals surface area contributed by atoms with Crippen molar-refractivity contribution in [3.63, 3.8) is 0 Å². The van der Waals surface area contributed by atoms with Gasteiger partial charge in [-0.05, 0) is 60.2 Å². The van der Waals surface area contributed by atoms with E-state index in [-0.39, 0.29) is 11.9 Å². The Morgan fingerprint density at radius 1 is 0.974 bits per heavy atom. The lowest BCUT2D eigenvalue weighted by atomic mass is 9.96. The van der Waals surface area contributed by atoms with Crippen LogP contribution in [0.1, 0.15) is 24.0 Å². The molecule has 196 valence electrons. The minimum Gasteiger partial charge on any atom is -0.468 e. The number of aromatic nitrogens is 2. The molecule has 0 saturated heterocycles. The van der Waals surface area contributed by atoms with E-state index in [1.807, 2.05) is 54.6 Å². The molecule has 0 bridgehead atoms. The number of rotatable bonds is 11. The van der Waals surface area contributed by atoms with Gasteiger partial charge in [-0.3, -0.25) is 9.79 Å². The van der Waals surface area contributed by atoms with Crippen LogP contribution in [0.4, 0.5) is 0 Å². The fraction of sp³-hybridized carbons (Fsp3) is 0.241.